The van der Waals surface area contributed by atoms with Crippen molar-refractivity contribution < 1.29 is 0 Å². The molecule has 2 N–H and O–H groups in total. The summed E-state index contributed by atoms with van der Waals surface area (Å²) >= 11 is 0. The van der Waals surface area contributed by atoms with Gasteiger partial charge in [0, 0.05) is 24.7 Å². The smallest absolute Gasteiger partial charge is 0.0307 e. The van der Waals surface area contributed by atoms with Gasteiger partial charge in [-0.25, -0.2) is 0 Å². The van der Waals surface area contributed by atoms with Gasteiger partial charge in [0.15, 0.2) is 0 Å². The molecule has 1 spiro atoms. The van der Waals surface area contributed by atoms with Crippen LogP contribution in [0.1, 0.15) is 46.5 Å². The topological polar surface area (TPSA) is 24.1 Å². The quantitative estimate of drug-likeness (QED) is 0.618. The fraction of sp³-hybridized carbons (Fsp3) is 1.00. The maximum absolute atomic E-state index is 3.79. The summed E-state index contributed by atoms with van der Waals surface area (Å²) < 4.78 is 0. The van der Waals surface area contributed by atoms with Crippen molar-refractivity contribution >= 4 is 0 Å². The van der Waals surface area contributed by atoms with E-state index < -0.39 is 0 Å². The van der Waals surface area contributed by atoms with Crippen LogP contribution in [0.4, 0.5) is 0 Å². The molecule has 1 heterocycles. The molecule has 1 atom stereocenters. The number of hydrogen-bond donors (Lipinski definition) is 2. The maximum atomic E-state index is 3.79. The Bertz CT molecular complexity index is 189. The van der Waals surface area contributed by atoms with Gasteiger partial charge in [0.2, 0.25) is 0 Å². The van der Waals surface area contributed by atoms with Crippen molar-refractivity contribution in [2.24, 2.45) is 5.41 Å². The van der Waals surface area contributed by atoms with Crippen LogP contribution in [-0.4, -0.2) is 24.7 Å². The maximum Gasteiger partial charge on any atom is 0.0307 e. The third-order valence-electron chi connectivity index (χ3n) is 3.97. The number of nitrogens with one attached hydrogen (secondary N) is 2. The van der Waals surface area contributed by atoms with E-state index in [1.165, 1.54) is 32.2 Å². The summed E-state index contributed by atoms with van der Waals surface area (Å²) in [6.45, 7) is 9.27. The van der Waals surface area contributed by atoms with Crippen LogP contribution in [0.5, 0.6) is 0 Å². The molecule has 0 bridgehead atoms. The molecule has 2 nitrogen and oxygen atoms in total. The second kappa shape index (κ2) is 3.49. The second-order valence-electron chi connectivity index (χ2n) is 6.17. The van der Waals surface area contributed by atoms with Gasteiger partial charge in [0.1, 0.15) is 0 Å². The summed E-state index contributed by atoms with van der Waals surface area (Å²) in [4.78, 5) is 0. The lowest BCUT2D eigenvalue weighted by atomic mass is 9.83. The molecule has 1 saturated carbocycles. The minimum Gasteiger partial charge on any atom is -0.310 e. The molecule has 0 aromatic rings. The molecule has 1 aliphatic heterocycles. The molecule has 0 aromatic heterocycles. The Hall–Kier alpha value is -0.0800. The molecular formula is C12H24N2. The Balaban J connectivity index is 1.92. The normalized spacial score (nSPS) is 32.4. The van der Waals surface area contributed by atoms with E-state index in [0.29, 0.717) is 17.0 Å². The van der Waals surface area contributed by atoms with E-state index in [-0.39, 0.29) is 0 Å². The zero-order valence-corrected chi connectivity index (χ0v) is 9.82. The molecule has 2 rings (SSSR count). The van der Waals surface area contributed by atoms with Crippen LogP contribution in [0.15, 0.2) is 0 Å². The number of piperazine rings is 1. The van der Waals surface area contributed by atoms with E-state index in [1.807, 2.05) is 0 Å². The molecule has 1 unspecified atom stereocenters. The summed E-state index contributed by atoms with van der Waals surface area (Å²) in [5.41, 5.74) is 0.842. The highest BCUT2D eigenvalue weighted by molar-refractivity contribution is 5.01. The van der Waals surface area contributed by atoms with Gasteiger partial charge in [-0.1, -0.05) is 33.6 Å². The van der Waals surface area contributed by atoms with Crippen molar-refractivity contribution in [2.75, 3.05) is 13.1 Å². The van der Waals surface area contributed by atoms with Crippen LogP contribution in [0.3, 0.4) is 0 Å². The highest BCUT2D eigenvalue weighted by Gasteiger charge is 2.39. The fourth-order valence-corrected chi connectivity index (χ4v) is 2.79. The molecule has 1 saturated heterocycles. The number of rotatable bonds is 0. The highest BCUT2D eigenvalue weighted by Crippen LogP contribution is 2.32. The Morgan fingerprint density at radius 1 is 1.14 bits per heavy atom. The average molecular weight is 196 g/mol. The summed E-state index contributed by atoms with van der Waals surface area (Å²) in [5, 5.41) is 7.52. The average Bonchev–Trinajstić information content (AvgIpc) is 2.53. The van der Waals surface area contributed by atoms with E-state index in [2.05, 4.69) is 31.4 Å². The van der Waals surface area contributed by atoms with Crippen LogP contribution in [-0.2, 0) is 0 Å². The monoisotopic (exact) mass is 196 g/mol. The van der Waals surface area contributed by atoms with Gasteiger partial charge in [0.25, 0.3) is 0 Å². The van der Waals surface area contributed by atoms with Gasteiger partial charge in [-0.15, -0.1) is 0 Å². The molecule has 2 aliphatic rings. The second-order valence-corrected chi connectivity index (χ2v) is 6.17. The first-order valence-corrected chi connectivity index (χ1v) is 6.00. The lowest BCUT2D eigenvalue weighted by Crippen LogP contribution is -2.64. The standard InChI is InChI=1S/C12H24N2/c1-11(2,3)10-8-14-12(9-13-10)6-4-5-7-12/h10,13-14H,4-9H2,1-3H3. The molecular weight excluding hydrogens is 172 g/mol. The van der Waals surface area contributed by atoms with Crippen LogP contribution in [0.25, 0.3) is 0 Å². The molecule has 14 heavy (non-hydrogen) atoms. The zero-order valence-electron chi connectivity index (χ0n) is 9.82. The van der Waals surface area contributed by atoms with E-state index in [9.17, 15) is 0 Å². The summed E-state index contributed by atoms with van der Waals surface area (Å²) in [5.74, 6) is 0. The van der Waals surface area contributed by atoms with Crippen LogP contribution < -0.4 is 10.6 Å². The van der Waals surface area contributed by atoms with Gasteiger partial charge < -0.3 is 10.6 Å². The molecule has 0 aromatic carbocycles. The molecule has 2 fully saturated rings. The van der Waals surface area contributed by atoms with Gasteiger partial charge in [0.05, 0.1) is 0 Å². The first-order chi connectivity index (χ1) is 6.52. The first kappa shape index (κ1) is 10.4. The highest BCUT2D eigenvalue weighted by atomic mass is 15.1. The minimum atomic E-state index is 0.382. The molecule has 1 aliphatic carbocycles. The van der Waals surface area contributed by atoms with Crippen molar-refractivity contribution in [3.63, 3.8) is 0 Å². The van der Waals surface area contributed by atoms with E-state index >= 15 is 0 Å². The Kier molecular flexibility index (Phi) is 2.61. The largest absolute Gasteiger partial charge is 0.310 e. The molecule has 0 radical (unpaired) electrons. The van der Waals surface area contributed by atoms with E-state index in [4.69, 9.17) is 0 Å². The van der Waals surface area contributed by atoms with E-state index in [0.717, 1.165) is 6.54 Å². The van der Waals surface area contributed by atoms with Crippen LogP contribution in [0.2, 0.25) is 0 Å². The third kappa shape index (κ3) is 1.96. The van der Waals surface area contributed by atoms with E-state index in [1.54, 1.807) is 0 Å². The molecule has 2 heteroatoms. The first-order valence-electron chi connectivity index (χ1n) is 6.00. The van der Waals surface area contributed by atoms with Gasteiger partial charge >= 0.3 is 0 Å². The van der Waals surface area contributed by atoms with Crippen molar-refractivity contribution in [1.29, 1.82) is 0 Å². The summed E-state index contributed by atoms with van der Waals surface area (Å²) in [6.07, 6.45) is 5.57. The van der Waals surface area contributed by atoms with Crippen molar-refractivity contribution in [3.8, 4) is 0 Å². The fourth-order valence-electron chi connectivity index (χ4n) is 2.79. The predicted molar refractivity (Wildman–Crippen MR) is 60.4 cm³/mol. The van der Waals surface area contributed by atoms with Crippen molar-refractivity contribution in [3.05, 3.63) is 0 Å². The lowest BCUT2D eigenvalue weighted by Gasteiger charge is -2.44. The van der Waals surface area contributed by atoms with Crippen LogP contribution in [0, 0.1) is 5.41 Å². The molecule has 82 valence electrons. The Morgan fingerprint density at radius 2 is 1.79 bits per heavy atom. The molecule has 0 amide bonds. The lowest BCUT2D eigenvalue weighted by molar-refractivity contribution is 0.165. The SMILES string of the molecule is CC(C)(C)C1CNC2(CCCC2)CN1. The Morgan fingerprint density at radius 3 is 2.21 bits per heavy atom. The third-order valence-corrected chi connectivity index (χ3v) is 3.97. The van der Waals surface area contributed by atoms with Gasteiger partial charge in [-0.3, -0.25) is 0 Å². The predicted octanol–water partition coefficient (Wildman–Crippen LogP) is 1.91. The minimum absolute atomic E-state index is 0.382. The van der Waals surface area contributed by atoms with Gasteiger partial charge in [-0.05, 0) is 18.3 Å². The Labute approximate surface area is 87.8 Å². The summed E-state index contributed by atoms with van der Waals surface area (Å²) in [6, 6.07) is 0.633. The zero-order chi connectivity index (χ0) is 10.2. The van der Waals surface area contributed by atoms with Crippen molar-refractivity contribution in [1.82, 2.24) is 10.6 Å². The number of hydrogen-bond acceptors (Lipinski definition) is 2. The summed E-state index contributed by atoms with van der Waals surface area (Å²) in [7, 11) is 0. The van der Waals surface area contributed by atoms with Gasteiger partial charge in [-0.2, -0.15) is 0 Å². The van der Waals surface area contributed by atoms with Crippen molar-refractivity contribution in [2.45, 2.75) is 58.0 Å². The van der Waals surface area contributed by atoms with Crippen LogP contribution >= 0.6 is 0 Å².